The molecule has 2 N–H and O–H groups in total. The molecular formula is C18H24N6O3S. The largest absolute Gasteiger partial charge is 0.461 e. The van der Waals surface area contributed by atoms with Crippen LogP contribution in [0.2, 0.25) is 0 Å². The van der Waals surface area contributed by atoms with Crippen molar-refractivity contribution in [1.82, 2.24) is 24.7 Å². The highest BCUT2D eigenvalue weighted by Crippen LogP contribution is 2.34. The highest BCUT2D eigenvalue weighted by Gasteiger charge is 2.24. The van der Waals surface area contributed by atoms with E-state index in [1.54, 1.807) is 11.3 Å². The number of aryl methyl sites for hydroxylation is 2. The van der Waals surface area contributed by atoms with E-state index in [4.69, 9.17) is 9.84 Å². The van der Waals surface area contributed by atoms with Gasteiger partial charge in [0.15, 0.2) is 5.82 Å². The van der Waals surface area contributed by atoms with Crippen molar-refractivity contribution in [3.8, 4) is 6.01 Å². The number of aliphatic hydroxyl groups is 2. The van der Waals surface area contributed by atoms with Gasteiger partial charge in [-0.15, -0.1) is 21.5 Å². The van der Waals surface area contributed by atoms with Gasteiger partial charge in [-0.2, -0.15) is 9.97 Å². The Morgan fingerprint density at radius 3 is 2.93 bits per heavy atom. The fourth-order valence-corrected chi connectivity index (χ4v) is 4.44. The molecule has 1 atom stereocenters. The molecule has 0 saturated carbocycles. The first-order chi connectivity index (χ1) is 13.6. The zero-order chi connectivity index (χ0) is 19.7. The maximum Gasteiger partial charge on any atom is 0.319 e. The average molecular weight is 404 g/mol. The molecule has 0 fully saturated rings. The summed E-state index contributed by atoms with van der Waals surface area (Å²) >= 11 is 1.64. The lowest BCUT2D eigenvalue weighted by molar-refractivity contribution is 0.0506. The van der Waals surface area contributed by atoms with Crippen LogP contribution in [0, 0.1) is 6.92 Å². The zero-order valence-corrected chi connectivity index (χ0v) is 16.8. The van der Waals surface area contributed by atoms with Crippen molar-refractivity contribution in [2.45, 2.75) is 45.9 Å². The molecule has 4 heterocycles. The Hall–Kier alpha value is -2.30. The van der Waals surface area contributed by atoms with Gasteiger partial charge in [0.1, 0.15) is 29.2 Å². The first-order valence-electron chi connectivity index (χ1n) is 9.44. The van der Waals surface area contributed by atoms with Gasteiger partial charge in [-0.1, -0.05) is 13.3 Å². The van der Waals surface area contributed by atoms with Crippen molar-refractivity contribution in [3.05, 3.63) is 22.6 Å². The second-order valence-corrected chi connectivity index (χ2v) is 8.01. The van der Waals surface area contributed by atoms with Gasteiger partial charge in [0.05, 0.1) is 18.5 Å². The van der Waals surface area contributed by atoms with Crippen molar-refractivity contribution < 1.29 is 14.9 Å². The van der Waals surface area contributed by atoms with Gasteiger partial charge >= 0.3 is 6.01 Å². The monoisotopic (exact) mass is 404 g/mol. The van der Waals surface area contributed by atoms with Crippen LogP contribution < -0.4 is 9.64 Å². The van der Waals surface area contributed by atoms with Crippen LogP contribution in [0.5, 0.6) is 6.01 Å². The van der Waals surface area contributed by atoms with E-state index < -0.39 is 6.10 Å². The number of aliphatic hydroxyl groups excluding tert-OH is 2. The minimum atomic E-state index is -0.960. The van der Waals surface area contributed by atoms with Crippen LogP contribution in [0.15, 0.2) is 6.07 Å². The summed E-state index contributed by atoms with van der Waals surface area (Å²) in [5.41, 5.74) is 0. The maximum atomic E-state index is 9.58. The first kappa shape index (κ1) is 19.0. The molecule has 0 aliphatic carbocycles. The van der Waals surface area contributed by atoms with Crippen LogP contribution in [0.4, 0.5) is 5.82 Å². The number of ether oxygens (including phenoxy) is 1. The van der Waals surface area contributed by atoms with Crippen molar-refractivity contribution in [3.63, 3.8) is 0 Å². The number of thiophene rings is 1. The summed E-state index contributed by atoms with van der Waals surface area (Å²) in [6.07, 6.45) is 1.10. The molecular weight excluding hydrogens is 380 g/mol. The van der Waals surface area contributed by atoms with E-state index in [0.717, 1.165) is 53.6 Å². The van der Waals surface area contributed by atoms with Crippen molar-refractivity contribution >= 4 is 27.4 Å². The predicted octanol–water partition coefficient (Wildman–Crippen LogP) is 1.30. The lowest BCUT2D eigenvalue weighted by atomic mass is 10.2. The van der Waals surface area contributed by atoms with Crippen molar-refractivity contribution in [2.24, 2.45) is 0 Å². The van der Waals surface area contributed by atoms with Crippen LogP contribution in [-0.4, -0.2) is 60.8 Å². The van der Waals surface area contributed by atoms with Gasteiger partial charge in [-0.25, -0.2) is 0 Å². The molecule has 1 aliphatic heterocycles. The Morgan fingerprint density at radius 1 is 1.29 bits per heavy atom. The predicted molar refractivity (Wildman–Crippen MR) is 106 cm³/mol. The second-order valence-electron chi connectivity index (χ2n) is 6.90. The van der Waals surface area contributed by atoms with Crippen LogP contribution >= 0.6 is 11.3 Å². The number of anilines is 1. The quantitative estimate of drug-likeness (QED) is 0.606. The van der Waals surface area contributed by atoms with Crippen molar-refractivity contribution in [1.29, 1.82) is 0 Å². The fraction of sp³-hybridized carbons (Fsp3) is 0.556. The SMILES string of the molecule is CCCc1cc2c(N3CCn4c(C)nnc4C3)nc(OCC(O)CO)nc2s1. The topological polar surface area (TPSA) is 109 Å². The molecule has 3 aromatic rings. The molecule has 28 heavy (non-hydrogen) atoms. The third-order valence-corrected chi connectivity index (χ3v) is 5.84. The molecule has 150 valence electrons. The molecule has 0 radical (unpaired) electrons. The summed E-state index contributed by atoms with van der Waals surface area (Å²) in [5, 5.41) is 28.0. The summed E-state index contributed by atoms with van der Waals surface area (Å²) in [6, 6.07) is 2.37. The van der Waals surface area contributed by atoms with E-state index in [0.29, 0.717) is 6.54 Å². The van der Waals surface area contributed by atoms with Crippen LogP contribution in [0.3, 0.4) is 0 Å². The minimum Gasteiger partial charge on any atom is -0.461 e. The highest BCUT2D eigenvalue weighted by atomic mass is 32.1. The number of rotatable bonds is 7. The lowest BCUT2D eigenvalue weighted by Crippen LogP contribution is -2.35. The Bertz CT molecular complexity index is 972. The minimum absolute atomic E-state index is 0.0534. The van der Waals surface area contributed by atoms with E-state index in [1.807, 2.05) is 6.92 Å². The second kappa shape index (κ2) is 7.98. The number of fused-ring (bicyclic) bond motifs is 2. The summed E-state index contributed by atoms with van der Waals surface area (Å²) in [4.78, 5) is 13.5. The van der Waals surface area contributed by atoms with E-state index in [2.05, 4.69) is 42.6 Å². The number of nitrogens with zero attached hydrogens (tertiary/aromatic N) is 6. The molecule has 3 aromatic heterocycles. The summed E-state index contributed by atoms with van der Waals surface area (Å²) < 4.78 is 7.68. The molecule has 10 heteroatoms. The molecule has 1 unspecified atom stereocenters. The Labute approximate surface area is 166 Å². The van der Waals surface area contributed by atoms with Crippen LogP contribution in [0.1, 0.15) is 29.9 Å². The number of hydrogen-bond donors (Lipinski definition) is 2. The molecule has 1 aliphatic rings. The zero-order valence-electron chi connectivity index (χ0n) is 16.0. The van der Waals surface area contributed by atoms with Gasteiger partial charge in [-0.3, -0.25) is 0 Å². The molecule has 0 spiro atoms. The molecule has 0 aromatic carbocycles. The summed E-state index contributed by atoms with van der Waals surface area (Å²) in [5.74, 6) is 2.65. The Kier molecular flexibility index (Phi) is 5.42. The van der Waals surface area contributed by atoms with Gasteiger partial charge in [0.25, 0.3) is 0 Å². The smallest absolute Gasteiger partial charge is 0.319 e. The molecule has 4 rings (SSSR count). The van der Waals surface area contributed by atoms with Gasteiger partial charge in [-0.05, 0) is 19.4 Å². The standard InChI is InChI=1S/C18H24N6O3S/c1-3-4-13-7-14-16(23-5-6-24-11(2)21-22-15(24)8-23)19-18(20-17(14)28-13)27-10-12(26)9-25/h7,12,25-26H,3-6,8-10H2,1-2H3. The van der Waals surface area contributed by atoms with Gasteiger partial charge < -0.3 is 24.4 Å². The highest BCUT2D eigenvalue weighted by molar-refractivity contribution is 7.18. The fourth-order valence-electron chi connectivity index (χ4n) is 3.32. The summed E-state index contributed by atoms with van der Waals surface area (Å²) in [6.45, 7) is 5.90. The number of aromatic nitrogens is 5. The van der Waals surface area contributed by atoms with Gasteiger partial charge in [0, 0.05) is 18.0 Å². The molecule has 0 amide bonds. The normalized spacial score (nSPS) is 15.1. The third kappa shape index (κ3) is 3.67. The molecule has 0 bridgehead atoms. The molecule has 0 saturated heterocycles. The van der Waals surface area contributed by atoms with Crippen molar-refractivity contribution in [2.75, 3.05) is 24.7 Å². The van der Waals surface area contributed by atoms with Gasteiger partial charge in [0.2, 0.25) is 0 Å². The Morgan fingerprint density at radius 2 is 2.14 bits per heavy atom. The Balaban J connectivity index is 1.70. The maximum absolute atomic E-state index is 9.58. The number of hydrogen-bond acceptors (Lipinski definition) is 9. The van der Waals surface area contributed by atoms with Crippen LogP contribution in [-0.2, 0) is 19.5 Å². The third-order valence-electron chi connectivity index (χ3n) is 4.75. The van der Waals surface area contributed by atoms with E-state index in [9.17, 15) is 5.11 Å². The van der Waals surface area contributed by atoms with E-state index in [1.165, 1.54) is 4.88 Å². The molecule has 9 nitrogen and oxygen atoms in total. The van der Waals surface area contributed by atoms with E-state index in [-0.39, 0.29) is 19.2 Å². The van der Waals surface area contributed by atoms with E-state index >= 15 is 0 Å². The lowest BCUT2D eigenvalue weighted by Gasteiger charge is -2.29. The first-order valence-corrected chi connectivity index (χ1v) is 10.3. The summed E-state index contributed by atoms with van der Waals surface area (Å²) in [7, 11) is 0. The average Bonchev–Trinajstić information content (AvgIpc) is 3.28. The van der Waals surface area contributed by atoms with Crippen LogP contribution in [0.25, 0.3) is 10.2 Å².